The van der Waals surface area contributed by atoms with E-state index in [0.717, 1.165) is 6.42 Å². The van der Waals surface area contributed by atoms with Crippen LogP contribution in [0.25, 0.3) is 0 Å². The Bertz CT molecular complexity index is 557. The molecule has 1 heteroatoms. The molecule has 0 aliphatic heterocycles. The molecule has 0 fully saturated rings. The molecule has 0 amide bonds. The maximum absolute atomic E-state index is 2.23. The number of hydrogen-bond donors (Lipinski definition) is 0. The maximum Gasteiger partial charge on any atom is 0.0138 e. The van der Waals surface area contributed by atoms with Gasteiger partial charge >= 0.3 is 0 Å². The lowest BCUT2D eigenvalue weighted by molar-refractivity contribution is 0.816. The third-order valence-corrected chi connectivity index (χ3v) is 4.29. The zero-order chi connectivity index (χ0) is 12.9. The fraction of sp³-hybridized carbons (Fsp3) is 0.111. The molecule has 0 radical (unpaired) electrons. The van der Waals surface area contributed by atoms with Crippen LogP contribution in [0.3, 0.4) is 0 Å². The Labute approximate surface area is 118 Å². The van der Waals surface area contributed by atoms with E-state index in [1.807, 2.05) is 11.3 Å². The SMILES string of the molecule is c1ccc(C(Cc2cccs2)c2ccccc2)cc1. The first kappa shape index (κ1) is 12.2. The summed E-state index contributed by atoms with van der Waals surface area (Å²) >= 11 is 1.84. The van der Waals surface area contributed by atoms with Gasteiger partial charge in [0.1, 0.15) is 0 Å². The average molecular weight is 264 g/mol. The molecule has 0 aliphatic carbocycles. The van der Waals surface area contributed by atoms with Crippen LogP contribution in [0.4, 0.5) is 0 Å². The molecule has 1 aromatic heterocycles. The third kappa shape index (κ3) is 2.94. The van der Waals surface area contributed by atoms with Gasteiger partial charge in [0.15, 0.2) is 0 Å². The molecule has 0 saturated carbocycles. The lowest BCUT2D eigenvalue weighted by Crippen LogP contribution is -2.03. The molecule has 0 N–H and O–H groups in total. The second kappa shape index (κ2) is 5.85. The van der Waals surface area contributed by atoms with Gasteiger partial charge < -0.3 is 0 Å². The summed E-state index contributed by atoms with van der Waals surface area (Å²) in [6.45, 7) is 0. The molecule has 2 aromatic carbocycles. The maximum atomic E-state index is 2.23. The predicted octanol–water partition coefficient (Wildman–Crippen LogP) is 5.12. The molecule has 0 atom stereocenters. The lowest BCUT2D eigenvalue weighted by atomic mass is 9.88. The predicted molar refractivity (Wildman–Crippen MR) is 82.8 cm³/mol. The van der Waals surface area contributed by atoms with Crippen molar-refractivity contribution < 1.29 is 0 Å². The van der Waals surface area contributed by atoms with Crippen LogP contribution in [-0.4, -0.2) is 0 Å². The van der Waals surface area contributed by atoms with Crippen molar-refractivity contribution in [2.45, 2.75) is 12.3 Å². The Balaban J connectivity index is 1.96. The van der Waals surface area contributed by atoms with Gasteiger partial charge in [-0.25, -0.2) is 0 Å². The van der Waals surface area contributed by atoms with Crippen LogP contribution in [-0.2, 0) is 6.42 Å². The summed E-state index contributed by atoms with van der Waals surface area (Å²) in [6, 6.07) is 25.9. The van der Waals surface area contributed by atoms with Crippen LogP contribution in [0, 0.1) is 0 Å². The minimum atomic E-state index is 0.445. The Morgan fingerprint density at radius 3 is 1.74 bits per heavy atom. The zero-order valence-corrected chi connectivity index (χ0v) is 11.5. The van der Waals surface area contributed by atoms with Crippen LogP contribution in [0.15, 0.2) is 78.2 Å². The van der Waals surface area contributed by atoms with Gasteiger partial charge in [-0.15, -0.1) is 11.3 Å². The smallest absolute Gasteiger partial charge is 0.0138 e. The summed E-state index contributed by atoms with van der Waals surface area (Å²) in [5.74, 6) is 0.445. The van der Waals surface area contributed by atoms with E-state index in [2.05, 4.69) is 78.2 Å². The number of thiophene rings is 1. The first-order chi connectivity index (χ1) is 9.43. The highest BCUT2D eigenvalue weighted by Gasteiger charge is 2.14. The molecule has 1 heterocycles. The van der Waals surface area contributed by atoms with Gasteiger partial charge in [0, 0.05) is 10.8 Å². The topological polar surface area (TPSA) is 0 Å². The summed E-state index contributed by atoms with van der Waals surface area (Å²) in [6.07, 6.45) is 1.08. The van der Waals surface area contributed by atoms with Crippen molar-refractivity contribution in [2.75, 3.05) is 0 Å². The molecule has 0 nitrogen and oxygen atoms in total. The molecule has 0 saturated heterocycles. The van der Waals surface area contributed by atoms with Gasteiger partial charge in [-0.05, 0) is 29.0 Å². The number of rotatable bonds is 4. The Morgan fingerprint density at radius 1 is 0.684 bits per heavy atom. The molecule has 0 spiro atoms. The fourth-order valence-electron chi connectivity index (χ4n) is 2.43. The van der Waals surface area contributed by atoms with Gasteiger partial charge in [0.2, 0.25) is 0 Å². The lowest BCUT2D eigenvalue weighted by Gasteiger charge is -2.17. The molecule has 0 unspecified atom stereocenters. The van der Waals surface area contributed by atoms with Gasteiger partial charge in [0.05, 0.1) is 0 Å². The summed E-state index contributed by atoms with van der Waals surface area (Å²) in [7, 11) is 0. The highest BCUT2D eigenvalue weighted by molar-refractivity contribution is 7.09. The Morgan fingerprint density at radius 2 is 1.26 bits per heavy atom. The summed E-state index contributed by atoms with van der Waals surface area (Å²) in [5, 5.41) is 2.16. The van der Waals surface area contributed by atoms with E-state index in [4.69, 9.17) is 0 Å². The minimum absolute atomic E-state index is 0.445. The average Bonchev–Trinajstić information content (AvgIpc) is 3.00. The minimum Gasteiger partial charge on any atom is -0.149 e. The largest absolute Gasteiger partial charge is 0.149 e. The molecule has 0 bridgehead atoms. The zero-order valence-electron chi connectivity index (χ0n) is 10.7. The summed E-state index contributed by atoms with van der Waals surface area (Å²) < 4.78 is 0. The van der Waals surface area contributed by atoms with Crippen molar-refractivity contribution in [3.63, 3.8) is 0 Å². The van der Waals surface area contributed by atoms with Gasteiger partial charge in [0.25, 0.3) is 0 Å². The second-order valence-electron chi connectivity index (χ2n) is 4.66. The van der Waals surface area contributed by atoms with Crippen molar-refractivity contribution in [1.82, 2.24) is 0 Å². The van der Waals surface area contributed by atoms with E-state index in [0.29, 0.717) is 5.92 Å². The summed E-state index contributed by atoms with van der Waals surface area (Å²) in [4.78, 5) is 1.44. The van der Waals surface area contributed by atoms with E-state index < -0.39 is 0 Å². The van der Waals surface area contributed by atoms with Crippen molar-refractivity contribution in [2.24, 2.45) is 0 Å². The van der Waals surface area contributed by atoms with E-state index >= 15 is 0 Å². The van der Waals surface area contributed by atoms with Gasteiger partial charge in [-0.1, -0.05) is 66.7 Å². The van der Waals surface area contributed by atoms with Crippen LogP contribution >= 0.6 is 11.3 Å². The van der Waals surface area contributed by atoms with Crippen LogP contribution in [0.5, 0.6) is 0 Å². The molecule has 3 aromatic rings. The van der Waals surface area contributed by atoms with E-state index in [9.17, 15) is 0 Å². The van der Waals surface area contributed by atoms with Crippen LogP contribution in [0.2, 0.25) is 0 Å². The van der Waals surface area contributed by atoms with Crippen LogP contribution in [0.1, 0.15) is 21.9 Å². The summed E-state index contributed by atoms with van der Waals surface area (Å²) in [5.41, 5.74) is 2.78. The Hall–Kier alpha value is -1.86. The molecular formula is C18H16S. The van der Waals surface area contributed by atoms with Crippen molar-refractivity contribution >= 4 is 11.3 Å². The van der Waals surface area contributed by atoms with Gasteiger partial charge in [-0.3, -0.25) is 0 Å². The molecular weight excluding hydrogens is 248 g/mol. The highest BCUT2D eigenvalue weighted by atomic mass is 32.1. The Kier molecular flexibility index (Phi) is 3.75. The second-order valence-corrected chi connectivity index (χ2v) is 5.69. The third-order valence-electron chi connectivity index (χ3n) is 3.39. The molecule has 94 valence electrons. The quantitative estimate of drug-likeness (QED) is 0.613. The number of hydrogen-bond acceptors (Lipinski definition) is 1. The number of benzene rings is 2. The normalized spacial score (nSPS) is 10.8. The van der Waals surface area contributed by atoms with E-state index in [1.165, 1.54) is 16.0 Å². The monoisotopic (exact) mass is 264 g/mol. The molecule has 19 heavy (non-hydrogen) atoms. The van der Waals surface area contributed by atoms with Crippen molar-refractivity contribution in [3.8, 4) is 0 Å². The van der Waals surface area contributed by atoms with Gasteiger partial charge in [-0.2, -0.15) is 0 Å². The van der Waals surface area contributed by atoms with E-state index in [1.54, 1.807) is 0 Å². The van der Waals surface area contributed by atoms with E-state index in [-0.39, 0.29) is 0 Å². The van der Waals surface area contributed by atoms with Crippen molar-refractivity contribution in [1.29, 1.82) is 0 Å². The fourth-order valence-corrected chi connectivity index (χ4v) is 3.18. The molecule has 3 rings (SSSR count). The first-order valence-corrected chi connectivity index (χ1v) is 7.44. The first-order valence-electron chi connectivity index (χ1n) is 6.56. The highest BCUT2D eigenvalue weighted by Crippen LogP contribution is 2.29. The van der Waals surface area contributed by atoms with Crippen LogP contribution < -0.4 is 0 Å². The standard InChI is InChI=1S/C18H16S/c1-3-8-15(9-4-1)18(14-17-12-7-13-19-17)16-10-5-2-6-11-16/h1-13,18H,14H2. The van der Waals surface area contributed by atoms with Crippen molar-refractivity contribution in [3.05, 3.63) is 94.2 Å². The molecule has 0 aliphatic rings.